The van der Waals surface area contributed by atoms with E-state index in [9.17, 15) is 24.0 Å². The Labute approximate surface area is 197 Å². The van der Waals surface area contributed by atoms with Crippen molar-refractivity contribution in [2.45, 2.75) is 13.3 Å². The van der Waals surface area contributed by atoms with Crippen LogP contribution in [-0.2, 0) is 19.1 Å². The summed E-state index contributed by atoms with van der Waals surface area (Å²) >= 11 is 3.26. The number of amides is 4. The van der Waals surface area contributed by atoms with Gasteiger partial charge in [0, 0.05) is 22.0 Å². The summed E-state index contributed by atoms with van der Waals surface area (Å²) in [7, 11) is 0. The molecule has 1 heterocycles. The first-order chi connectivity index (χ1) is 15.7. The molecule has 1 saturated heterocycles. The van der Waals surface area contributed by atoms with Crippen LogP contribution < -0.4 is 16.3 Å². The van der Waals surface area contributed by atoms with E-state index in [2.05, 4.69) is 32.2 Å². The number of benzene rings is 2. The maximum Gasteiger partial charge on any atom is 0.311 e. The largest absolute Gasteiger partial charge is 0.455 e. The van der Waals surface area contributed by atoms with E-state index in [-0.39, 0.29) is 13.0 Å². The number of aryl methyl sites for hydroxylation is 1. The van der Waals surface area contributed by atoms with Gasteiger partial charge in [0.25, 0.3) is 17.7 Å². The molecule has 33 heavy (non-hydrogen) atoms. The lowest BCUT2D eigenvalue weighted by molar-refractivity contribution is -0.152. The van der Waals surface area contributed by atoms with Crippen LogP contribution in [0.25, 0.3) is 0 Å². The van der Waals surface area contributed by atoms with Crippen molar-refractivity contribution in [3.8, 4) is 0 Å². The van der Waals surface area contributed by atoms with Gasteiger partial charge in [-0.2, -0.15) is 0 Å². The van der Waals surface area contributed by atoms with Crippen molar-refractivity contribution in [3.63, 3.8) is 0 Å². The van der Waals surface area contributed by atoms with Crippen molar-refractivity contribution < 1.29 is 28.7 Å². The maximum atomic E-state index is 12.3. The molecule has 1 fully saturated rings. The number of ether oxygens (including phenoxy) is 1. The lowest BCUT2D eigenvalue weighted by atomic mass is 10.1. The smallest absolute Gasteiger partial charge is 0.311 e. The molecule has 0 radical (unpaired) electrons. The fourth-order valence-electron chi connectivity index (χ4n) is 3.04. The third-order valence-electron chi connectivity index (χ3n) is 4.74. The van der Waals surface area contributed by atoms with Crippen LogP contribution >= 0.6 is 15.9 Å². The minimum Gasteiger partial charge on any atom is -0.455 e. The molecule has 2 aromatic rings. The molecule has 1 aliphatic heterocycles. The van der Waals surface area contributed by atoms with Gasteiger partial charge in [0.05, 0.1) is 12.5 Å². The number of carbonyl (C=O) groups excluding carboxylic acids is 5. The van der Waals surface area contributed by atoms with E-state index < -0.39 is 42.1 Å². The Morgan fingerprint density at radius 3 is 2.45 bits per heavy atom. The summed E-state index contributed by atoms with van der Waals surface area (Å²) in [5.74, 6) is -3.79. The van der Waals surface area contributed by atoms with Crippen LogP contribution in [-0.4, -0.2) is 47.8 Å². The fourth-order valence-corrected chi connectivity index (χ4v) is 3.30. The highest BCUT2D eigenvalue weighted by Gasteiger charge is 2.36. The Morgan fingerprint density at radius 2 is 1.76 bits per heavy atom. The molecule has 11 heteroatoms. The van der Waals surface area contributed by atoms with Gasteiger partial charge in [0.1, 0.15) is 0 Å². The Bertz CT molecular complexity index is 1090. The summed E-state index contributed by atoms with van der Waals surface area (Å²) in [6, 6.07) is 13.3. The molecule has 1 aliphatic rings. The third kappa shape index (κ3) is 6.62. The van der Waals surface area contributed by atoms with E-state index in [1.807, 2.05) is 13.0 Å². The van der Waals surface area contributed by atoms with E-state index in [1.165, 1.54) is 0 Å². The van der Waals surface area contributed by atoms with Crippen molar-refractivity contribution in [3.05, 3.63) is 69.7 Å². The van der Waals surface area contributed by atoms with Gasteiger partial charge < -0.3 is 4.74 Å². The normalized spacial score (nSPS) is 15.0. The average Bonchev–Trinajstić information content (AvgIpc) is 3.16. The summed E-state index contributed by atoms with van der Waals surface area (Å²) in [5, 5.41) is 1.06. The van der Waals surface area contributed by atoms with Crippen molar-refractivity contribution in [1.29, 1.82) is 0 Å². The number of nitrogens with one attached hydrogen (secondary N) is 3. The van der Waals surface area contributed by atoms with Crippen LogP contribution in [0.3, 0.4) is 0 Å². The van der Waals surface area contributed by atoms with E-state index in [0.717, 1.165) is 15.0 Å². The Hall–Kier alpha value is -3.73. The zero-order valence-electron chi connectivity index (χ0n) is 17.6. The number of hydrazine groups is 2. The zero-order valence-corrected chi connectivity index (χ0v) is 19.2. The van der Waals surface area contributed by atoms with Crippen molar-refractivity contribution in [2.24, 2.45) is 5.92 Å². The topological polar surface area (TPSA) is 134 Å². The summed E-state index contributed by atoms with van der Waals surface area (Å²) in [6.45, 7) is 1.13. The lowest BCUT2D eigenvalue weighted by Gasteiger charge is -2.17. The maximum absolute atomic E-state index is 12.3. The second kappa shape index (κ2) is 10.7. The lowest BCUT2D eigenvalue weighted by Crippen LogP contribution is -2.44. The van der Waals surface area contributed by atoms with Gasteiger partial charge in [-0.3, -0.25) is 45.3 Å². The van der Waals surface area contributed by atoms with Gasteiger partial charge in [0.15, 0.2) is 6.61 Å². The standard InChI is InChI=1S/C22H21BrN4O6/c1-13-3-2-4-15(9-13)21(31)26-27-11-16(10-19(27)29)22(32)33-12-18(28)24-25-20(30)14-5-7-17(23)8-6-14/h2-9,16H,10-12H2,1H3,(H,24,28)(H,25,30)(H,26,31)/t16-/m0/s1. The molecule has 3 N–H and O–H groups in total. The molecule has 0 saturated carbocycles. The molecular weight excluding hydrogens is 496 g/mol. The molecule has 4 amide bonds. The van der Waals surface area contributed by atoms with Crippen molar-refractivity contribution in [2.75, 3.05) is 13.2 Å². The molecular formula is C22H21BrN4O6. The number of carbonyl (C=O) groups is 5. The number of hydrogen-bond acceptors (Lipinski definition) is 6. The first-order valence-electron chi connectivity index (χ1n) is 9.92. The van der Waals surface area contributed by atoms with Crippen LogP contribution in [0, 0.1) is 12.8 Å². The monoisotopic (exact) mass is 516 g/mol. The van der Waals surface area contributed by atoms with Crippen LogP contribution in [0.5, 0.6) is 0 Å². The number of hydrogen-bond donors (Lipinski definition) is 3. The van der Waals surface area contributed by atoms with Gasteiger partial charge in [-0.1, -0.05) is 33.6 Å². The third-order valence-corrected chi connectivity index (χ3v) is 5.27. The summed E-state index contributed by atoms with van der Waals surface area (Å²) in [4.78, 5) is 60.6. The number of rotatable bonds is 6. The number of nitrogens with zero attached hydrogens (tertiary/aromatic N) is 1. The van der Waals surface area contributed by atoms with Crippen LogP contribution in [0.1, 0.15) is 32.7 Å². The fraction of sp³-hybridized carbons (Fsp3) is 0.227. The second-order valence-electron chi connectivity index (χ2n) is 7.33. The SMILES string of the molecule is Cc1cccc(C(=O)NN2C[C@@H](C(=O)OCC(=O)NNC(=O)c3ccc(Br)cc3)CC2=O)c1. The Balaban J connectivity index is 1.42. The summed E-state index contributed by atoms with van der Waals surface area (Å²) in [6.07, 6.45) is -0.158. The second-order valence-corrected chi connectivity index (χ2v) is 8.25. The van der Waals surface area contributed by atoms with Crippen LogP contribution in [0.4, 0.5) is 0 Å². The van der Waals surface area contributed by atoms with Gasteiger partial charge >= 0.3 is 5.97 Å². The van der Waals surface area contributed by atoms with Crippen LogP contribution in [0.15, 0.2) is 53.0 Å². The van der Waals surface area contributed by atoms with Gasteiger partial charge in [-0.25, -0.2) is 0 Å². The van der Waals surface area contributed by atoms with E-state index in [1.54, 1.807) is 42.5 Å². The molecule has 0 spiro atoms. The quantitative estimate of drug-likeness (QED) is 0.390. The van der Waals surface area contributed by atoms with Gasteiger partial charge in [-0.05, 0) is 43.3 Å². The number of esters is 1. The molecule has 0 aromatic heterocycles. The minimum absolute atomic E-state index is 0.0723. The average molecular weight is 517 g/mol. The molecule has 0 aliphatic carbocycles. The Kier molecular flexibility index (Phi) is 7.78. The Morgan fingerprint density at radius 1 is 1.03 bits per heavy atom. The van der Waals surface area contributed by atoms with E-state index >= 15 is 0 Å². The molecule has 2 aromatic carbocycles. The number of halogens is 1. The first kappa shape index (κ1) is 23.9. The summed E-state index contributed by atoms with van der Waals surface area (Å²) in [5.41, 5.74) is 8.44. The highest BCUT2D eigenvalue weighted by molar-refractivity contribution is 9.10. The summed E-state index contributed by atoms with van der Waals surface area (Å²) < 4.78 is 5.74. The molecule has 0 bridgehead atoms. The van der Waals surface area contributed by atoms with Crippen LogP contribution in [0.2, 0.25) is 0 Å². The molecule has 1 atom stereocenters. The minimum atomic E-state index is -0.833. The first-order valence-corrected chi connectivity index (χ1v) is 10.7. The van der Waals surface area contributed by atoms with Crippen molar-refractivity contribution in [1.82, 2.24) is 21.3 Å². The predicted molar refractivity (Wildman–Crippen MR) is 119 cm³/mol. The van der Waals surface area contributed by atoms with E-state index in [0.29, 0.717) is 11.1 Å². The highest BCUT2D eigenvalue weighted by Crippen LogP contribution is 2.18. The zero-order chi connectivity index (χ0) is 24.0. The van der Waals surface area contributed by atoms with Gasteiger partial charge in [0.2, 0.25) is 5.91 Å². The van der Waals surface area contributed by atoms with E-state index in [4.69, 9.17) is 4.74 Å². The molecule has 0 unspecified atom stereocenters. The van der Waals surface area contributed by atoms with Gasteiger partial charge in [-0.15, -0.1) is 0 Å². The molecule has 10 nitrogen and oxygen atoms in total. The molecule has 172 valence electrons. The predicted octanol–water partition coefficient (Wildman–Crippen LogP) is 1.26. The highest BCUT2D eigenvalue weighted by atomic mass is 79.9. The van der Waals surface area contributed by atoms with Crippen molar-refractivity contribution >= 4 is 45.5 Å². The molecule has 3 rings (SSSR count).